The molecule has 5 heteroatoms. The van der Waals surface area contributed by atoms with E-state index in [2.05, 4.69) is 134 Å². The van der Waals surface area contributed by atoms with E-state index in [-0.39, 0.29) is 13.2 Å². The van der Waals surface area contributed by atoms with Crippen LogP contribution < -0.4 is 4.90 Å². The van der Waals surface area contributed by atoms with Crippen molar-refractivity contribution < 1.29 is 13.2 Å². The number of aryl methyl sites for hydroxylation is 2. The summed E-state index contributed by atoms with van der Waals surface area (Å²) in [6.07, 6.45) is 7.05. The van der Waals surface area contributed by atoms with Crippen molar-refractivity contribution in [2.24, 2.45) is 0 Å². The third-order valence-corrected chi connectivity index (χ3v) is 4.90. The normalized spacial score (nSPS) is 9.87. The fourth-order valence-corrected chi connectivity index (χ4v) is 3.46. The smallest absolute Gasteiger partial charge is 0.0461 e. The average Bonchev–Trinajstić information content (AvgIpc) is 2.83. The second-order valence-electron chi connectivity index (χ2n) is 6.98. The molecule has 0 unspecified atom stereocenters. The van der Waals surface area contributed by atoms with E-state index in [9.17, 15) is 0 Å². The molecule has 31 heavy (non-hydrogen) atoms. The van der Waals surface area contributed by atoms with Crippen molar-refractivity contribution in [1.82, 2.24) is 4.98 Å². The van der Waals surface area contributed by atoms with Crippen LogP contribution in [-0.2, 0) is 26.0 Å². The van der Waals surface area contributed by atoms with Gasteiger partial charge in [0.1, 0.15) is 0 Å². The Bertz CT molecular complexity index is 958. The Hall–Kier alpha value is -1.81. The third-order valence-electron chi connectivity index (χ3n) is 4.90. The van der Waals surface area contributed by atoms with Gasteiger partial charge in [0.25, 0.3) is 0 Å². The fourth-order valence-electron chi connectivity index (χ4n) is 3.46. The summed E-state index contributed by atoms with van der Waals surface area (Å²) in [6, 6.07) is 34.2. The van der Waals surface area contributed by atoms with E-state index >= 15 is 0 Å². The molecule has 0 spiro atoms. The average molecular weight is 590 g/mol. The molecule has 2 nitrogen and oxygen atoms in total. The molecule has 0 atom stereocenters. The summed E-state index contributed by atoms with van der Waals surface area (Å²) in [6.45, 7) is 0. The Morgan fingerprint density at radius 3 is 1.48 bits per heavy atom. The standard InChI is InChI=1S/C26H24N2.2BrH.Zn/c1-3-10-24(11-4-1)28(25-12-5-2-6-13-25)26-16-14-22(15-17-26)8-7-9-23-18-20-27-21-19-23;;;/h1-6,10-21H,7-9H2;2*1H;/q;;;+2/p-2. The van der Waals surface area contributed by atoms with E-state index in [0.29, 0.717) is 0 Å². The van der Waals surface area contributed by atoms with Crippen LogP contribution in [-0.4, -0.2) is 4.98 Å². The number of hydrogen-bond donors (Lipinski definition) is 0. The van der Waals surface area contributed by atoms with E-state index in [1.807, 2.05) is 12.4 Å². The van der Waals surface area contributed by atoms with Gasteiger partial charge in [-0.2, -0.15) is 0 Å². The molecule has 4 rings (SSSR count). The molecule has 0 N–H and O–H groups in total. The van der Waals surface area contributed by atoms with Crippen LogP contribution in [0.2, 0.25) is 0 Å². The summed E-state index contributed by atoms with van der Waals surface area (Å²) in [4.78, 5) is 6.38. The number of pyridine rings is 1. The second-order valence-corrected chi connectivity index (χ2v) is 21.1. The van der Waals surface area contributed by atoms with Gasteiger partial charge < -0.3 is 4.90 Å². The van der Waals surface area contributed by atoms with Gasteiger partial charge in [-0.15, -0.1) is 0 Å². The van der Waals surface area contributed by atoms with E-state index in [1.54, 1.807) is 0 Å². The van der Waals surface area contributed by atoms with E-state index < -0.39 is 0 Å². The molecule has 0 aliphatic rings. The van der Waals surface area contributed by atoms with Crippen LogP contribution in [0.25, 0.3) is 0 Å². The van der Waals surface area contributed by atoms with Crippen molar-refractivity contribution in [3.63, 3.8) is 0 Å². The first kappa shape index (κ1) is 23.8. The van der Waals surface area contributed by atoms with Gasteiger partial charge in [-0.25, -0.2) is 0 Å². The SMILES string of the molecule is [Br][Zn][Br].c1ccc(N(c2ccccc2)c2ccc(CCCc3ccncc3)cc2)cc1. The van der Waals surface area contributed by atoms with Crippen molar-refractivity contribution in [3.05, 3.63) is 121 Å². The Labute approximate surface area is 206 Å². The minimum Gasteiger partial charge on any atom is -0.311 e. The van der Waals surface area contributed by atoms with Crippen LogP contribution in [0.3, 0.4) is 0 Å². The minimum atomic E-state index is -0.250. The molecule has 0 saturated heterocycles. The molecule has 4 aromatic rings. The maximum Gasteiger partial charge on any atom is 0.0461 e. The fraction of sp³-hybridized carbons (Fsp3) is 0.115. The first-order valence-corrected chi connectivity index (χ1v) is 24.2. The summed E-state index contributed by atoms with van der Waals surface area (Å²) in [5, 5.41) is 0. The van der Waals surface area contributed by atoms with Crippen molar-refractivity contribution in [1.29, 1.82) is 0 Å². The number of hydrogen-bond acceptors (Lipinski definition) is 2. The molecule has 0 fully saturated rings. The van der Waals surface area contributed by atoms with Gasteiger partial charge in [-0.3, -0.25) is 4.98 Å². The van der Waals surface area contributed by atoms with Crippen molar-refractivity contribution in [2.75, 3.05) is 4.90 Å². The maximum atomic E-state index is 4.08. The molecule has 0 bridgehead atoms. The molecule has 0 aliphatic heterocycles. The maximum absolute atomic E-state index is 4.08. The largest absolute Gasteiger partial charge is 0.311 e. The summed E-state index contributed by atoms with van der Waals surface area (Å²) >= 11 is 6.25. The van der Waals surface area contributed by atoms with Crippen LogP contribution in [0.4, 0.5) is 17.1 Å². The molecule has 1 heterocycles. The Morgan fingerprint density at radius 1 is 0.581 bits per heavy atom. The van der Waals surface area contributed by atoms with Crippen LogP contribution in [0.5, 0.6) is 0 Å². The number of halogens is 2. The Kier molecular flexibility index (Phi) is 10.4. The van der Waals surface area contributed by atoms with Crippen molar-refractivity contribution in [2.45, 2.75) is 19.3 Å². The minimum absolute atomic E-state index is 0.250. The molecular formula is C26H24Br2N2Zn. The molecule has 1 aromatic heterocycles. The van der Waals surface area contributed by atoms with Gasteiger partial charge in [0.2, 0.25) is 0 Å². The van der Waals surface area contributed by atoms with Crippen LogP contribution in [0, 0.1) is 0 Å². The summed E-state index contributed by atoms with van der Waals surface area (Å²) in [5.41, 5.74) is 6.23. The number of anilines is 3. The van der Waals surface area contributed by atoms with Gasteiger partial charge in [0.15, 0.2) is 0 Å². The van der Waals surface area contributed by atoms with Gasteiger partial charge in [-0.1, -0.05) is 48.5 Å². The monoisotopic (exact) mass is 586 g/mol. The predicted octanol–water partition coefficient (Wildman–Crippen LogP) is 8.42. The predicted molar refractivity (Wildman–Crippen MR) is 135 cm³/mol. The first-order chi connectivity index (χ1) is 15.3. The van der Waals surface area contributed by atoms with Gasteiger partial charge in [0.05, 0.1) is 0 Å². The van der Waals surface area contributed by atoms with Crippen molar-refractivity contribution in [3.8, 4) is 0 Å². The van der Waals surface area contributed by atoms with E-state index in [1.165, 1.54) is 28.2 Å². The quantitative estimate of drug-likeness (QED) is 0.201. The van der Waals surface area contributed by atoms with E-state index in [0.717, 1.165) is 19.3 Å². The topological polar surface area (TPSA) is 16.1 Å². The molecule has 154 valence electrons. The zero-order valence-corrected chi connectivity index (χ0v) is 23.5. The molecule has 0 saturated carbocycles. The summed E-state index contributed by atoms with van der Waals surface area (Å²) in [7, 11) is 0. The zero-order valence-electron chi connectivity index (χ0n) is 17.4. The molecule has 0 radical (unpaired) electrons. The van der Waals surface area contributed by atoms with Gasteiger partial charge >= 0.3 is 40.5 Å². The number of nitrogens with zero attached hydrogens (tertiary/aromatic N) is 2. The molecule has 3 aromatic carbocycles. The van der Waals surface area contributed by atoms with Gasteiger partial charge in [-0.05, 0) is 78.9 Å². The Balaban J connectivity index is 0.000000858. The molecular weight excluding hydrogens is 565 g/mol. The molecule has 0 amide bonds. The van der Waals surface area contributed by atoms with Crippen LogP contribution in [0.15, 0.2) is 109 Å². The van der Waals surface area contributed by atoms with Crippen LogP contribution in [0.1, 0.15) is 17.5 Å². The molecule has 0 aliphatic carbocycles. The summed E-state index contributed by atoms with van der Waals surface area (Å²) in [5.74, 6) is 0. The second kappa shape index (κ2) is 13.6. The van der Waals surface area contributed by atoms with Crippen molar-refractivity contribution >= 4 is 44.3 Å². The Morgan fingerprint density at radius 2 is 1.00 bits per heavy atom. The number of rotatable bonds is 7. The van der Waals surface area contributed by atoms with Gasteiger partial charge in [0, 0.05) is 29.5 Å². The first-order valence-electron chi connectivity index (χ1n) is 10.3. The van der Waals surface area contributed by atoms with E-state index in [4.69, 9.17) is 0 Å². The summed E-state index contributed by atoms with van der Waals surface area (Å²) < 4.78 is 0. The number of benzene rings is 3. The van der Waals surface area contributed by atoms with Crippen LogP contribution >= 0.6 is 27.2 Å². The third kappa shape index (κ3) is 7.68. The number of para-hydroxylation sites is 2. The zero-order chi connectivity index (χ0) is 21.7. The number of aromatic nitrogens is 1.